The zero-order valence-corrected chi connectivity index (χ0v) is 24.1. The van der Waals surface area contributed by atoms with Crippen LogP contribution in [0.25, 0.3) is 0 Å². The number of unbranched alkanes of at least 4 members (excludes halogenated alkanes) is 7. The summed E-state index contributed by atoms with van der Waals surface area (Å²) in [6.45, 7) is 3.80. The Hall–Kier alpha value is -2.54. The lowest BCUT2D eigenvalue weighted by Gasteiger charge is -2.07. The van der Waals surface area contributed by atoms with Crippen molar-refractivity contribution >= 4 is 23.9 Å². The van der Waals surface area contributed by atoms with Gasteiger partial charge in [0.2, 0.25) is 0 Å². The van der Waals surface area contributed by atoms with E-state index in [0.717, 1.165) is 76.4 Å². The van der Waals surface area contributed by atoms with Crippen LogP contribution in [0, 0.1) is 0 Å². The monoisotopic (exact) mass is 578 g/mol. The van der Waals surface area contributed by atoms with E-state index in [4.69, 9.17) is 29.9 Å². The molecule has 0 aromatic heterocycles. The molecule has 40 heavy (non-hydrogen) atoms. The van der Waals surface area contributed by atoms with Gasteiger partial charge in [-0.15, -0.1) is 0 Å². The Morgan fingerprint density at radius 3 is 1.50 bits per heavy atom. The Morgan fingerprint density at radius 2 is 1.07 bits per heavy atom. The molecular weight excluding hydrogens is 528 g/mol. The first-order valence-corrected chi connectivity index (χ1v) is 14.0. The summed E-state index contributed by atoms with van der Waals surface area (Å²) in [7, 11) is 0. The topological polar surface area (TPSA) is 186 Å². The van der Waals surface area contributed by atoms with Crippen LogP contribution in [0.1, 0.15) is 90.9 Å². The van der Waals surface area contributed by atoms with Gasteiger partial charge < -0.3 is 39.4 Å². The minimum absolute atomic E-state index is 0.134. The third-order valence-electron chi connectivity index (χ3n) is 5.04. The van der Waals surface area contributed by atoms with Crippen molar-refractivity contribution < 1.29 is 58.6 Å². The van der Waals surface area contributed by atoms with Crippen LogP contribution in [0.4, 0.5) is 0 Å². The van der Waals surface area contributed by atoms with Crippen molar-refractivity contribution in [3.63, 3.8) is 0 Å². The number of ether oxygens (including phenoxy) is 4. The number of esters is 4. The van der Waals surface area contributed by atoms with Crippen LogP contribution in [-0.2, 0) is 38.1 Å². The molecule has 0 aromatic rings. The Morgan fingerprint density at radius 1 is 0.625 bits per heavy atom. The minimum atomic E-state index is -0.751. The van der Waals surface area contributed by atoms with Gasteiger partial charge in [-0.3, -0.25) is 9.59 Å². The summed E-state index contributed by atoms with van der Waals surface area (Å²) in [4.78, 5) is 44.7. The zero-order valence-electron chi connectivity index (χ0n) is 24.1. The van der Waals surface area contributed by atoms with E-state index in [-0.39, 0.29) is 38.4 Å². The molecule has 0 radical (unpaired) electrons. The maximum absolute atomic E-state index is 11.4. The van der Waals surface area contributed by atoms with Gasteiger partial charge >= 0.3 is 23.9 Å². The quantitative estimate of drug-likeness (QED) is 0.0600. The molecule has 2 unspecified atom stereocenters. The predicted molar refractivity (Wildman–Crippen MR) is 146 cm³/mol. The molecule has 0 spiro atoms. The van der Waals surface area contributed by atoms with E-state index in [9.17, 15) is 19.2 Å². The maximum Gasteiger partial charge on any atom is 0.331 e. The molecule has 0 fully saturated rings. The number of carbonyl (C=O) groups is 4. The Balaban J connectivity index is 0. The normalized spacial score (nSPS) is 12.2. The molecule has 12 heteroatoms. The minimum Gasteiger partial charge on any atom is -0.466 e. The smallest absolute Gasteiger partial charge is 0.331 e. The van der Waals surface area contributed by atoms with Gasteiger partial charge in [0.1, 0.15) is 12.7 Å². The largest absolute Gasteiger partial charge is 0.466 e. The predicted octanol–water partition coefficient (Wildman–Crippen LogP) is 2.13. The maximum atomic E-state index is 11.4. The lowest BCUT2D eigenvalue weighted by molar-refractivity contribution is -0.145. The fourth-order valence-electron chi connectivity index (χ4n) is 2.85. The molecule has 12 nitrogen and oxygen atoms in total. The molecule has 0 saturated heterocycles. The first kappa shape index (κ1) is 39.6. The Labute approximate surface area is 237 Å². The van der Waals surface area contributed by atoms with Crippen molar-refractivity contribution in [2.75, 3.05) is 39.6 Å². The van der Waals surface area contributed by atoms with E-state index in [1.54, 1.807) is 0 Å². The summed E-state index contributed by atoms with van der Waals surface area (Å²) in [5.74, 6) is -1.81. The van der Waals surface area contributed by atoms with Crippen molar-refractivity contribution in [1.82, 2.24) is 0 Å². The molecule has 234 valence electrons. The molecule has 0 aliphatic rings. The second-order valence-electron chi connectivity index (χ2n) is 9.17. The van der Waals surface area contributed by atoms with Crippen LogP contribution in [0.2, 0.25) is 0 Å². The van der Waals surface area contributed by atoms with Crippen LogP contribution in [0.15, 0.2) is 12.2 Å². The van der Waals surface area contributed by atoms with Crippen LogP contribution in [0.5, 0.6) is 0 Å². The molecular formula is C28H50O12. The zero-order chi connectivity index (χ0) is 30.4. The lowest BCUT2D eigenvalue weighted by atomic mass is 10.2. The second-order valence-corrected chi connectivity index (χ2v) is 9.17. The highest BCUT2D eigenvalue weighted by Crippen LogP contribution is 2.05. The van der Waals surface area contributed by atoms with Crippen molar-refractivity contribution in [3.8, 4) is 0 Å². The fourth-order valence-corrected chi connectivity index (χ4v) is 2.85. The fraction of sp³-hybridized carbons (Fsp3) is 0.786. The van der Waals surface area contributed by atoms with E-state index in [2.05, 4.69) is 9.47 Å². The van der Waals surface area contributed by atoms with Crippen molar-refractivity contribution in [2.45, 2.75) is 103 Å². The van der Waals surface area contributed by atoms with Gasteiger partial charge in [0.05, 0.1) is 25.9 Å². The average Bonchev–Trinajstić information content (AvgIpc) is 2.92. The highest BCUT2D eigenvalue weighted by atomic mass is 16.6. The van der Waals surface area contributed by atoms with E-state index >= 15 is 0 Å². The molecule has 0 saturated carbocycles. The average molecular weight is 579 g/mol. The highest BCUT2D eigenvalue weighted by Gasteiger charge is 2.07. The highest BCUT2D eigenvalue weighted by molar-refractivity contribution is 5.91. The number of hydrogen-bond donors (Lipinski definition) is 4. The molecule has 0 aliphatic carbocycles. The third kappa shape index (κ3) is 31.7. The molecule has 0 amide bonds. The summed E-state index contributed by atoms with van der Waals surface area (Å²) in [6, 6.07) is 0. The molecule has 4 N–H and O–H groups in total. The lowest BCUT2D eigenvalue weighted by Crippen LogP contribution is -2.17. The number of aliphatic hydroxyl groups is 4. The van der Waals surface area contributed by atoms with Gasteiger partial charge in [0, 0.05) is 38.2 Å². The summed E-state index contributed by atoms with van der Waals surface area (Å²) in [5, 5.41) is 34.7. The van der Waals surface area contributed by atoms with E-state index in [1.807, 2.05) is 0 Å². The van der Waals surface area contributed by atoms with Crippen LogP contribution >= 0.6 is 0 Å². The second kappa shape index (κ2) is 29.4. The van der Waals surface area contributed by atoms with E-state index < -0.39 is 24.1 Å². The van der Waals surface area contributed by atoms with E-state index in [0.29, 0.717) is 26.1 Å². The SMILES string of the molecule is CC(O)COC(=O)/C=C/C(=O)OC(C)CO.O=C(CCCCCO)OCCCCCCOC(=O)CCCCCO. The molecule has 2 atom stereocenters. The number of carbonyl (C=O) groups excluding carboxylic acids is 4. The van der Waals surface area contributed by atoms with Crippen LogP contribution in [-0.4, -0.2) is 96.2 Å². The molecule has 0 bridgehead atoms. The standard InChI is InChI=1S/C18H34O6.C10H16O6/c19-13-7-3-5-11-17(21)23-15-9-1-2-10-16-24-18(22)12-6-4-8-14-20;1-7(12)6-15-9(13)3-4-10(14)16-8(2)5-11/h19-20H,1-16H2;3-4,7-8,11-12H,5-6H2,1-2H3/b;4-3+. The van der Waals surface area contributed by atoms with Gasteiger partial charge in [-0.2, -0.15) is 0 Å². The van der Waals surface area contributed by atoms with Gasteiger partial charge in [0.25, 0.3) is 0 Å². The number of aliphatic hydroxyl groups excluding tert-OH is 4. The number of rotatable bonds is 23. The van der Waals surface area contributed by atoms with Gasteiger partial charge in [0.15, 0.2) is 0 Å². The third-order valence-corrected chi connectivity index (χ3v) is 5.04. The summed E-state index contributed by atoms with van der Waals surface area (Å²) >= 11 is 0. The summed E-state index contributed by atoms with van der Waals surface area (Å²) in [5.41, 5.74) is 0. The van der Waals surface area contributed by atoms with E-state index in [1.165, 1.54) is 13.8 Å². The molecule has 0 aromatic carbocycles. The van der Waals surface area contributed by atoms with Crippen LogP contribution < -0.4 is 0 Å². The first-order valence-electron chi connectivity index (χ1n) is 14.0. The number of hydrogen-bond acceptors (Lipinski definition) is 12. The summed E-state index contributed by atoms with van der Waals surface area (Å²) < 4.78 is 19.4. The van der Waals surface area contributed by atoms with Crippen LogP contribution in [0.3, 0.4) is 0 Å². The Kier molecular flexibility index (Phi) is 29.2. The Bertz CT molecular complexity index is 648. The molecule has 0 aliphatic heterocycles. The summed E-state index contributed by atoms with van der Waals surface area (Å²) in [6.07, 6.45) is 9.55. The molecule has 0 heterocycles. The van der Waals surface area contributed by atoms with Crippen molar-refractivity contribution in [1.29, 1.82) is 0 Å². The molecule has 0 rings (SSSR count). The first-order chi connectivity index (χ1) is 19.2. The van der Waals surface area contributed by atoms with Crippen molar-refractivity contribution in [2.24, 2.45) is 0 Å². The van der Waals surface area contributed by atoms with Gasteiger partial charge in [-0.05, 0) is 65.2 Å². The van der Waals surface area contributed by atoms with Crippen molar-refractivity contribution in [3.05, 3.63) is 12.2 Å². The van der Waals surface area contributed by atoms with Gasteiger partial charge in [-0.1, -0.05) is 12.8 Å². The van der Waals surface area contributed by atoms with Gasteiger partial charge in [-0.25, -0.2) is 9.59 Å².